The third-order valence-corrected chi connectivity index (χ3v) is 3.60. The first-order valence-corrected chi connectivity index (χ1v) is 7.44. The van der Waals surface area contributed by atoms with Gasteiger partial charge in [0.15, 0.2) is 11.5 Å². The highest BCUT2D eigenvalue weighted by molar-refractivity contribution is 9.08. The summed E-state index contributed by atoms with van der Waals surface area (Å²) in [5, 5.41) is 9.71. The molecule has 0 atom stereocenters. The SMILES string of the molecule is COc1cc(CBr)cc(OC)c1OCCC(C)(C)C#N. The summed E-state index contributed by atoms with van der Waals surface area (Å²) in [6.07, 6.45) is 0.635. The molecule has 0 amide bonds. The lowest BCUT2D eigenvalue weighted by Gasteiger charge is -2.18. The van der Waals surface area contributed by atoms with Crippen LogP contribution in [-0.2, 0) is 5.33 Å². The first-order valence-electron chi connectivity index (χ1n) is 6.32. The lowest BCUT2D eigenvalue weighted by Crippen LogP contribution is -2.13. The number of methoxy groups -OCH3 is 2. The van der Waals surface area contributed by atoms with E-state index in [0.29, 0.717) is 35.6 Å². The van der Waals surface area contributed by atoms with Crippen molar-refractivity contribution in [1.82, 2.24) is 0 Å². The standard InChI is InChI=1S/C15H20BrNO3/c1-15(2,10-17)5-6-20-14-12(18-3)7-11(9-16)8-13(14)19-4/h7-8H,5-6,9H2,1-4H3. The fourth-order valence-corrected chi connectivity index (χ4v) is 1.94. The van der Waals surface area contributed by atoms with E-state index < -0.39 is 5.41 Å². The molecule has 0 aromatic heterocycles. The minimum Gasteiger partial charge on any atom is -0.493 e. The van der Waals surface area contributed by atoms with Crippen LogP contribution in [-0.4, -0.2) is 20.8 Å². The molecule has 0 saturated carbocycles. The minimum atomic E-state index is -0.406. The third kappa shape index (κ3) is 4.31. The highest BCUT2D eigenvalue weighted by Crippen LogP contribution is 2.39. The molecular formula is C15H20BrNO3. The van der Waals surface area contributed by atoms with Crippen LogP contribution in [0.4, 0.5) is 0 Å². The second-order valence-corrected chi connectivity index (χ2v) is 5.62. The average Bonchev–Trinajstić information content (AvgIpc) is 2.46. The smallest absolute Gasteiger partial charge is 0.203 e. The zero-order valence-corrected chi connectivity index (χ0v) is 13.9. The molecule has 0 radical (unpaired) electrons. The van der Waals surface area contributed by atoms with Crippen LogP contribution in [0, 0.1) is 16.7 Å². The number of hydrogen-bond acceptors (Lipinski definition) is 4. The molecule has 5 heteroatoms. The van der Waals surface area contributed by atoms with Gasteiger partial charge in [0.25, 0.3) is 0 Å². The maximum Gasteiger partial charge on any atom is 0.203 e. The van der Waals surface area contributed by atoms with Crippen molar-refractivity contribution in [2.24, 2.45) is 5.41 Å². The number of halogens is 1. The predicted molar refractivity (Wildman–Crippen MR) is 81.7 cm³/mol. The number of hydrogen-bond donors (Lipinski definition) is 0. The van der Waals surface area contributed by atoms with Crippen LogP contribution in [0.1, 0.15) is 25.8 Å². The molecule has 0 unspecified atom stereocenters. The highest BCUT2D eigenvalue weighted by atomic mass is 79.9. The number of rotatable bonds is 7. The molecule has 1 aromatic carbocycles. The summed E-state index contributed by atoms with van der Waals surface area (Å²) in [6, 6.07) is 6.06. The molecular weight excluding hydrogens is 322 g/mol. The molecule has 1 rings (SSSR count). The summed E-state index contributed by atoms with van der Waals surface area (Å²) < 4.78 is 16.5. The Kier molecular flexibility index (Phi) is 6.15. The number of nitrogens with zero attached hydrogens (tertiary/aromatic N) is 1. The maximum absolute atomic E-state index is 9.00. The number of alkyl halides is 1. The molecule has 0 spiro atoms. The summed E-state index contributed by atoms with van der Waals surface area (Å²) in [5.74, 6) is 1.84. The van der Waals surface area contributed by atoms with Gasteiger partial charge in [-0.05, 0) is 38.0 Å². The lowest BCUT2D eigenvalue weighted by molar-refractivity contribution is 0.240. The fraction of sp³-hybridized carbons (Fsp3) is 0.533. The monoisotopic (exact) mass is 341 g/mol. The molecule has 0 aliphatic heterocycles. The Morgan fingerprint density at radius 3 is 2.15 bits per heavy atom. The van der Waals surface area contributed by atoms with Crippen LogP contribution >= 0.6 is 15.9 Å². The van der Waals surface area contributed by atoms with Crippen molar-refractivity contribution in [2.75, 3.05) is 20.8 Å². The Morgan fingerprint density at radius 1 is 1.20 bits per heavy atom. The molecule has 4 nitrogen and oxygen atoms in total. The Hall–Kier alpha value is -1.41. The summed E-state index contributed by atoms with van der Waals surface area (Å²) >= 11 is 3.41. The summed E-state index contributed by atoms with van der Waals surface area (Å²) in [4.78, 5) is 0. The van der Waals surface area contributed by atoms with Gasteiger partial charge in [-0.3, -0.25) is 0 Å². The average molecular weight is 342 g/mol. The Morgan fingerprint density at radius 2 is 1.75 bits per heavy atom. The van der Waals surface area contributed by atoms with E-state index in [1.54, 1.807) is 14.2 Å². The van der Waals surface area contributed by atoms with Crippen LogP contribution in [0.25, 0.3) is 0 Å². The van der Waals surface area contributed by atoms with Crippen molar-refractivity contribution in [3.63, 3.8) is 0 Å². The van der Waals surface area contributed by atoms with E-state index >= 15 is 0 Å². The fourth-order valence-electron chi connectivity index (χ4n) is 1.62. The van der Waals surface area contributed by atoms with Crippen LogP contribution in [0.15, 0.2) is 12.1 Å². The van der Waals surface area contributed by atoms with Gasteiger partial charge in [-0.1, -0.05) is 15.9 Å². The Labute approximate surface area is 128 Å². The van der Waals surface area contributed by atoms with E-state index in [4.69, 9.17) is 19.5 Å². The molecule has 20 heavy (non-hydrogen) atoms. The van der Waals surface area contributed by atoms with Gasteiger partial charge in [-0.15, -0.1) is 0 Å². The first-order chi connectivity index (χ1) is 9.47. The van der Waals surface area contributed by atoms with Crippen molar-refractivity contribution in [1.29, 1.82) is 5.26 Å². The number of ether oxygens (including phenoxy) is 3. The summed E-state index contributed by atoms with van der Waals surface area (Å²) in [6.45, 7) is 4.21. The Balaban J connectivity index is 2.91. The van der Waals surface area contributed by atoms with Gasteiger partial charge in [-0.2, -0.15) is 5.26 Å². The van der Waals surface area contributed by atoms with Crippen LogP contribution in [0.2, 0.25) is 0 Å². The van der Waals surface area contributed by atoms with Crippen LogP contribution in [0.3, 0.4) is 0 Å². The van der Waals surface area contributed by atoms with Crippen LogP contribution < -0.4 is 14.2 Å². The third-order valence-electron chi connectivity index (χ3n) is 2.95. The van der Waals surface area contributed by atoms with Gasteiger partial charge < -0.3 is 14.2 Å². The molecule has 0 N–H and O–H groups in total. The molecule has 1 aromatic rings. The van der Waals surface area contributed by atoms with E-state index in [-0.39, 0.29) is 0 Å². The van der Waals surface area contributed by atoms with Gasteiger partial charge >= 0.3 is 0 Å². The van der Waals surface area contributed by atoms with Crippen molar-refractivity contribution >= 4 is 15.9 Å². The molecule has 0 heterocycles. The molecule has 0 saturated heterocycles. The van der Waals surface area contributed by atoms with Gasteiger partial charge in [-0.25, -0.2) is 0 Å². The van der Waals surface area contributed by atoms with Crippen molar-refractivity contribution < 1.29 is 14.2 Å². The van der Waals surface area contributed by atoms with E-state index in [9.17, 15) is 0 Å². The highest BCUT2D eigenvalue weighted by Gasteiger charge is 2.19. The van der Waals surface area contributed by atoms with Gasteiger partial charge in [0, 0.05) is 5.33 Å². The van der Waals surface area contributed by atoms with E-state index in [1.807, 2.05) is 26.0 Å². The lowest BCUT2D eigenvalue weighted by atomic mass is 9.92. The second-order valence-electron chi connectivity index (χ2n) is 5.06. The number of benzene rings is 1. The zero-order valence-electron chi connectivity index (χ0n) is 12.3. The van der Waals surface area contributed by atoms with E-state index in [2.05, 4.69) is 22.0 Å². The van der Waals surface area contributed by atoms with E-state index in [0.717, 1.165) is 5.56 Å². The Bertz CT molecular complexity index is 469. The molecule has 0 bridgehead atoms. The topological polar surface area (TPSA) is 51.5 Å². The molecule has 0 fully saturated rings. The maximum atomic E-state index is 9.00. The van der Waals surface area contributed by atoms with Gasteiger partial charge in [0.1, 0.15) is 0 Å². The quantitative estimate of drug-likeness (QED) is 0.705. The molecule has 110 valence electrons. The second kappa shape index (κ2) is 7.39. The van der Waals surface area contributed by atoms with Crippen LogP contribution in [0.5, 0.6) is 17.2 Å². The largest absolute Gasteiger partial charge is 0.493 e. The first kappa shape index (κ1) is 16.6. The minimum absolute atomic E-state index is 0.406. The zero-order chi connectivity index (χ0) is 15.2. The summed E-state index contributed by atoms with van der Waals surface area (Å²) in [7, 11) is 3.19. The van der Waals surface area contributed by atoms with Crippen molar-refractivity contribution in [3.8, 4) is 23.3 Å². The molecule has 0 aliphatic carbocycles. The van der Waals surface area contributed by atoms with Crippen molar-refractivity contribution in [2.45, 2.75) is 25.6 Å². The summed E-state index contributed by atoms with van der Waals surface area (Å²) in [5.41, 5.74) is 0.638. The van der Waals surface area contributed by atoms with Gasteiger partial charge in [0.05, 0.1) is 32.3 Å². The number of nitriles is 1. The normalized spacial score (nSPS) is 10.8. The molecule has 0 aliphatic rings. The van der Waals surface area contributed by atoms with Crippen molar-refractivity contribution in [3.05, 3.63) is 17.7 Å². The predicted octanol–water partition coefficient (Wildman–Crippen LogP) is 3.92. The van der Waals surface area contributed by atoms with Gasteiger partial charge in [0.2, 0.25) is 5.75 Å². The van der Waals surface area contributed by atoms with E-state index in [1.165, 1.54) is 0 Å².